The molecule has 0 unspecified atom stereocenters. The molecule has 0 fully saturated rings. The molecule has 0 N–H and O–H groups in total. The smallest absolute Gasteiger partial charge is 0.198 e. The van der Waals surface area contributed by atoms with Crippen LogP contribution in [0.25, 0.3) is 21.5 Å². The standard InChI is InChI=1S/C15H3BrF8/c1-2-8(17)5-3(11(20)9(2)18)7(16)4-6(10(5)19)13(22)15(24)14(23)12(4)21/h1H3. The Morgan fingerprint density at radius 1 is 0.458 bits per heavy atom. The summed E-state index contributed by atoms with van der Waals surface area (Å²) in [6.45, 7) is 0.799. The van der Waals surface area contributed by atoms with E-state index >= 15 is 0 Å². The van der Waals surface area contributed by atoms with Gasteiger partial charge in [-0.1, -0.05) is 0 Å². The molecule has 0 saturated carbocycles. The molecule has 3 aromatic carbocycles. The molecule has 0 radical (unpaired) electrons. The average molecular weight is 415 g/mol. The highest BCUT2D eigenvalue weighted by Gasteiger charge is 2.31. The van der Waals surface area contributed by atoms with Gasteiger partial charge in [0.25, 0.3) is 0 Å². The van der Waals surface area contributed by atoms with Crippen LogP contribution in [-0.4, -0.2) is 0 Å². The van der Waals surface area contributed by atoms with Crippen LogP contribution in [0.15, 0.2) is 4.47 Å². The van der Waals surface area contributed by atoms with Crippen molar-refractivity contribution in [2.45, 2.75) is 6.92 Å². The molecular formula is C15H3BrF8. The highest BCUT2D eigenvalue weighted by molar-refractivity contribution is 9.10. The van der Waals surface area contributed by atoms with E-state index in [0.717, 1.165) is 6.92 Å². The van der Waals surface area contributed by atoms with Gasteiger partial charge in [0.15, 0.2) is 34.9 Å². The normalized spacial score (nSPS) is 11.8. The third-order valence-electron chi connectivity index (χ3n) is 3.69. The molecule has 0 aliphatic carbocycles. The largest absolute Gasteiger partial charge is 0.206 e. The zero-order chi connectivity index (χ0) is 18.1. The third kappa shape index (κ3) is 1.90. The summed E-state index contributed by atoms with van der Waals surface area (Å²) >= 11 is 2.57. The van der Waals surface area contributed by atoms with Crippen LogP contribution in [-0.2, 0) is 0 Å². The van der Waals surface area contributed by atoms with Crippen molar-refractivity contribution in [2.75, 3.05) is 0 Å². The molecule has 0 aliphatic rings. The van der Waals surface area contributed by atoms with E-state index in [9.17, 15) is 35.1 Å². The number of hydrogen-bond donors (Lipinski definition) is 0. The van der Waals surface area contributed by atoms with Crippen LogP contribution in [0.1, 0.15) is 5.56 Å². The lowest BCUT2D eigenvalue weighted by Crippen LogP contribution is -2.05. The fourth-order valence-corrected chi connectivity index (χ4v) is 3.23. The summed E-state index contributed by atoms with van der Waals surface area (Å²) in [5.74, 6) is -15.6. The molecule has 3 aromatic rings. The van der Waals surface area contributed by atoms with Gasteiger partial charge in [0, 0.05) is 20.8 Å². The Morgan fingerprint density at radius 3 is 1.33 bits per heavy atom. The van der Waals surface area contributed by atoms with Gasteiger partial charge in [0.2, 0.25) is 0 Å². The average Bonchev–Trinajstić information content (AvgIpc) is 2.55. The first-order valence-corrected chi connectivity index (χ1v) is 6.99. The lowest BCUT2D eigenvalue weighted by atomic mass is 9.98. The van der Waals surface area contributed by atoms with Gasteiger partial charge in [0.05, 0.1) is 10.8 Å². The SMILES string of the molecule is Cc1c(F)c(F)c2c(Br)c3c(F)c(F)c(F)c(F)c3c(F)c2c1F. The molecule has 0 aromatic heterocycles. The van der Waals surface area contributed by atoms with Crippen molar-refractivity contribution in [1.82, 2.24) is 0 Å². The molecule has 0 heterocycles. The summed E-state index contributed by atoms with van der Waals surface area (Å²) in [6, 6.07) is 0. The highest BCUT2D eigenvalue weighted by Crippen LogP contribution is 2.42. The second-order valence-electron chi connectivity index (χ2n) is 4.95. The highest BCUT2D eigenvalue weighted by atomic mass is 79.9. The van der Waals surface area contributed by atoms with Crippen LogP contribution < -0.4 is 0 Å². The van der Waals surface area contributed by atoms with E-state index in [1.54, 1.807) is 0 Å². The molecule has 0 nitrogen and oxygen atoms in total. The van der Waals surface area contributed by atoms with Crippen LogP contribution in [0.3, 0.4) is 0 Å². The van der Waals surface area contributed by atoms with Gasteiger partial charge in [-0.3, -0.25) is 0 Å². The summed E-state index contributed by atoms with van der Waals surface area (Å²) in [5, 5.41) is -4.94. The lowest BCUT2D eigenvalue weighted by Gasteiger charge is -2.14. The van der Waals surface area contributed by atoms with Gasteiger partial charge in [-0.05, 0) is 22.9 Å². The van der Waals surface area contributed by atoms with Crippen LogP contribution in [0.5, 0.6) is 0 Å². The first-order chi connectivity index (χ1) is 11.1. The Bertz CT molecular complexity index is 893. The quantitative estimate of drug-likeness (QED) is 0.178. The molecule has 0 atom stereocenters. The Labute approximate surface area is 136 Å². The van der Waals surface area contributed by atoms with Crippen LogP contribution in [0.4, 0.5) is 35.1 Å². The van der Waals surface area contributed by atoms with Crippen molar-refractivity contribution in [3.05, 3.63) is 56.6 Å². The minimum atomic E-state index is -2.31. The maximum atomic E-state index is 14.5. The van der Waals surface area contributed by atoms with Crippen molar-refractivity contribution in [3.63, 3.8) is 0 Å². The summed E-state index contributed by atoms with van der Waals surface area (Å²) in [5.41, 5.74) is -0.909. The molecule has 0 aliphatic heterocycles. The van der Waals surface area contributed by atoms with E-state index in [0.29, 0.717) is 0 Å². The maximum absolute atomic E-state index is 14.5. The zero-order valence-corrected chi connectivity index (χ0v) is 13.0. The third-order valence-corrected chi connectivity index (χ3v) is 4.48. The van der Waals surface area contributed by atoms with Crippen LogP contribution >= 0.6 is 15.9 Å². The minimum Gasteiger partial charge on any atom is -0.206 e. The second kappa shape index (κ2) is 5.30. The molecular weight excluding hydrogens is 412 g/mol. The molecule has 9 heteroatoms. The van der Waals surface area contributed by atoms with E-state index in [-0.39, 0.29) is 0 Å². The topological polar surface area (TPSA) is 0 Å². The second-order valence-corrected chi connectivity index (χ2v) is 5.74. The Kier molecular flexibility index (Phi) is 3.74. The number of fused-ring (bicyclic) bond motifs is 2. The first kappa shape index (κ1) is 16.9. The lowest BCUT2D eigenvalue weighted by molar-refractivity contribution is 0.416. The predicted molar refractivity (Wildman–Crippen MR) is 73.6 cm³/mol. The monoisotopic (exact) mass is 414 g/mol. The van der Waals surface area contributed by atoms with E-state index in [2.05, 4.69) is 15.9 Å². The molecule has 0 spiro atoms. The van der Waals surface area contributed by atoms with E-state index < -0.39 is 78.1 Å². The van der Waals surface area contributed by atoms with Gasteiger partial charge >= 0.3 is 0 Å². The molecule has 0 bridgehead atoms. The van der Waals surface area contributed by atoms with Gasteiger partial charge in [-0.25, -0.2) is 35.1 Å². The van der Waals surface area contributed by atoms with Gasteiger partial charge < -0.3 is 0 Å². The van der Waals surface area contributed by atoms with E-state index in [4.69, 9.17) is 0 Å². The Morgan fingerprint density at radius 2 is 0.833 bits per heavy atom. The fraction of sp³-hybridized carbons (Fsp3) is 0.0667. The van der Waals surface area contributed by atoms with Crippen molar-refractivity contribution in [2.24, 2.45) is 0 Å². The van der Waals surface area contributed by atoms with E-state index in [1.807, 2.05) is 0 Å². The molecule has 0 amide bonds. The molecule has 0 saturated heterocycles. The van der Waals surface area contributed by atoms with Crippen LogP contribution in [0.2, 0.25) is 0 Å². The summed E-state index contributed by atoms with van der Waals surface area (Å²) in [4.78, 5) is 0. The maximum Gasteiger partial charge on any atom is 0.198 e. The Balaban J connectivity index is 2.82. The van der Waals surface area contributed by atoms with Crippen LogP contribution in [0, 0.1) is 53.5 Å². The molecule has 24 heavy (non-hydrogen) atoms. The van der Waals surface area contributed by atoms with Gasteiger partial charge in [-0.15, -0.1) is 0 Å². The molecule has 3 rings (SSSR count). The van der Waals surface area contributed by atoms with Crippen molar-refractivity contribution in [3.8, 4) is 0 Å². The number of hydrogen-bond acceptors (Lipinski definition) is 0. The predicted octanol–water partition coefficient (Wildman–Crippen LogP) is 6.18. The van der Waals surface area contributed by atoms with Crippen molar-refractivity contribution in [1.29, 1.82) is 0 Å². The van der Waals surface area contributed by atoms with E-state index in [1.165, 1.54) is 0 Å². The van der Waals surface area contributed by atoms with Crippen molar-refractivity contribution >= 4 is 37.5 Å². The fourth-order valence-electron chi connectivity index (χ4n) is 2.48. The van der Waals surface area contributed by atoms with Gasteiger partial charge in [-0.2, -0.15) is 0 Å². The van der Waals surface area contributed by atoms with Crippen molar-refractivity contribution < 1.29 is 35.1 Å². The first-order valence-electron chi connectivity index (χ1n) is 6.20. The Hall–Kier alpha value is -1.90. The summed E-state index contributed by atoms with van der Waals surface area (Å²) in [7, 11) is 0. The summed E-state index contributed by atoms with van der Waals surface area (Å²) < 4.78 is 110. The minimum absolute atomic E-state index is 0.799. The number of rotatable bonds is 0. The molecule has 126 valence electrons. The zero-order valence-electron chi connectivity index (χ0n) is 11.4. The van der Waals surface area contributed by atoms with Gasteiger partial charge in [0.1, 0.15) is 11.6 Å². The number of benzene rings is 3. The number of halogens is 9. The summed E-state index contributed by atoms with van der Waals surface area (Å²) in [6.07, 6.45) is 0.